The number of carbonyl (C=O) groups excluding carboxylic acids is 1. The second kappa shape index (κ2) is 4.96. The van der Waals surface area contributed by atoms with Crippen LogP contribution in [0.25, 0.3) is 0 Å². The molecule has 4 nitrogen and oxygen atoms in total. The molecule has 0 radical (unpaired) electrons. The van der Waals surface area contributed by atoms with E-state index in [-0.39, 0.29) is 0 Å². The molecule has 3 rings (SSSR count). The molecule has 1 aromatic heterocycles. The average molecular weight is 255 g/mol. The van der Waals surface area contributed by atoms with Gasteiger partial charge in [-0.3, -0.25) is 4.79 Å². The molecule has 0 atom stereocenters. The van der Waals surface area contributed by atoms with Crippen molar-refractivity contribution in [2.24, 2.45) is 0 Å². The van der Waals surface area contributed by atoms with Crippen molar-refractivity contribution in [3.05, 3.63) is 46.8 Å². The first-order valence-electron chi connectivity index (χ1n) is 6.72. The molecule has 2 aromatic rings. The summed E-state index contributed by atoms with van der Waals surface area (Å²) in [4.78, 5) is 11.1. The summed E-state index contributed by atoms with van der Waals surface area (Å²) in [5.41, 5.74) is 3.96. The van der Waals surface area contributed by atoms with Crippen LogP contribution in [0.1, 0.15) is 52.5 Å². The van der Waals surface area contributed by atoms with Crippen LogP contribution in [0.3, 0.4) is 0 Å². The van der Waals surface area contributed by atoms with Crippen LogP contribution >= 0.6 is 0 Å². The molecular weight excluding hydrogens is 238 g/mol. The SMILES string of the molecule is Cc1ccc(Cn2nnc(C=O)c2C2CCC2)cc1. The molecule has 0 bridgehead atoms. The highest BCUT2D eigenvalue weighted by Gasteiger charge is 2.27. The molecular formula is C15H17N3O. The number of hydrogen-bond acceptors (Lipinski definition) is 3. The molecule has 19 heavy (non-hydrogen) atoms. The highest BCUT2D eigenvalue weighted by atomic mass is 16.1. The highest BCUT2D eigenvalue weighted by molar-refractivity contribution is 5.73. The van der Waals surface area contributed by atoms with Crippen LogP contribution in [0.4, 0.5) is 0 Å². The summed E-state index contributed by atoms with van der Waals surface area (Å²) in [6.45, 7) is 2.76. The smallest absolute Gasteiger partial charge is 0.172 e. The second-order valence-corrected chi connectivity index (χ2v) is 5.25. The maximum absolute atomic E-state index is 11.1. The minimum atomic E-state index is 0.459. The number of aldehydes is 1. The van der Waals surface area contributed by atoms with Gasteiger partial charge >= 0.3 is 0 Å². The Bertz CT molecular complexity index is 582. The Balaban J connectivity index is 1.89. The van der Waals surface area contributed by atoms with Crippen LogP contribution in [0, 0.1) is 6.92 Å². The van der Waals surface area contributed by atoms with Crippen LogP contribution in [0.15, 0.2) is 24.3 Å². The van der Waals surface area contributed by atoms with Gasteiger partial charge in [-0.1, -0.05) is 41.5 Å². The predicted octanol–water partition coefficient (Wildman–Crippen LogP) is 2.71. The Hall–Kier alpha value is -1.97. The van der Waals surface area contributed by atoms with Gasteiger partial charge in [0.2, 0.25) is 0 Å². The van der Waals surface area contributed by atoms with E-state index in [0.29, 0.717) is 18.2 Å². The Morgan fingerprint density at radius 3 is 2.63 bits per heavy atom. The Kier molecular flexibility index (Phi) is 3.15. The highest BCUT2D eigenvalue weighted by Crippen LogP contribution is 2.37. The van der Waals surface area contributed by atoms with E-state index in [2.05, 4.69) is 41.5 Å². The van der Waals surface area contributed by atoms with Crippen LogP contribution in [0.5, 0.6) is 0 Å². The second-order valence-electron chi connectivity index (χ2n) is 5.25. The number of nitrogens with zero attached hydrogens (tertiary/aromatic N) is 3. The van der Waals surface area contributed by atoms with Gasteiger partial charge in [0, 0.05) is 5.92 Å². The topological polar surface area (TPSA) is 47.8 Å². The van der Waals surface area contributed by atoms with E-state index in [9.17, 15) is 4.79 Å². The van der Waals surface area contributed by atoms with Gasteiger partial charge in [-0.2, -0.15) is 0 Å². The molecule has 0 N–H and O–H groups in total. The monoisotopic (exact) mass is 255 g/mol. The summed E-state index contributed by atoms with van der Waals surface area (Å²) in [6, 6.07) is 8.39. The van der Waals surface area contributed by atoms with Crippen molar-refractivity contribution in [1.82, 2.24) is 15.0 Å². The molecule has 1 aromatic carbocycles. The molecule has 4 heteroatoms. The van der Waals surface area contributed by atoms with E-state index >= 15 is 0 Å². The normalized spacial score (nSPS) is 15.2. The van der Waals surface area contributed by atoms with Gasteiger partial charge in [-0.05, 0) is 25.3 Å². The van der Waals surface area contributed by atoms with E-state index < -0.39 is 0 Å². The fraction of sp³-hybridized carbons (Fsp3) is 0.400. The number of aryl methyl sites for hydroxylation is 1. The van der Waals surface area contributed by atoms with Crippen molar-refractivity contribution >= 4 is 6.29 Å². The zero-order valence-electron chi connectivity index (χ0n) is 11.0. The quantitative estimate of drug-likeness (QED) is 0.789. The molecule has 1 saturated carbocycles. The van der Waals surface area contributed by atoms with Crippen LogP contribution in [0.2, 0.25) is 0 Å². The molecule has 0 aliphatic heterocycles. The number of hydrogen-bond donors (Lipinski definition) is 0. The molecule has 0 amide bonds. The first kappa shape index (κ1) is 12.1. The third kappa shape index (κ3) is 2.30. The minimum Gasteiger partial charge on any atom is -0.296 e. The van der Waals surface area contributed by atoms with Crippen molar-refractivity contribution < 1.29 is 4.79 Å². The van der Waals surface area contributed by atoms with Gasteiger partial charge in [-0.25, -0.2) is 4.68 Å². The summed E-state index contributed by atoms with van der Waals surface area (Å²) < 4.78 is 1.89. The number of rotatable bonds is 4. The molecule has 1 heterocycles. The van der Waals surface area contributed by atoms with Gasteiger partial charge in [0.1, 0.15) is 5.69 Å². The first-order chi connectivity index (χ1) is 9.28. The van der Waals surface area contributed by atoms with E-state index in [1.54, 1.807) is 0 Å². The van der Waals surface area contributed by atoms with Crippen LogP contribution in [-0.4, -0.2) is 21.3 Å². The lowest BCUT2D eigenvalue weighted by Gasteiger charge is -2.26. The maximum atomic E-state index is 11.1. The average Bonchev–Trinajstić information content (AvgIpc) is 2.73. The molecule has 0 saturated heterocycles. The maximum Gasteiger partial charge on any atom is 0.172 e. The van der Waals surface area contributed by atoms with Gasteiger partial charge in [0.15, 0.2) is 6.29 Å². The van der Waals surface area contributed by atoms with E-state index in [0.717, 1.165) is 24.8 Å². The summed E-state index contributed by atoms with van der Waals surface area (Å²) in [5, 5.41) is 8.14. The van der Waals surface area contributed by atoms with Crippen molar-refractivity contribution in [2.75, 3.05) is 0 Å². The lowest BCUT2D eigenvalue weighted by molar-refractivity contribution is 0.111. The van der Waals surface area contributed by atoms with E-state index in [4.69, 9.17) is 0 Å². The third-order valence-corrected chi connectivity index (χ3v) is 3.86. The molecule has 1 aliphatic carbocycles. The molecule has 0 spiro atoms. The molecule has 98 valence electrons. The zero-order valence-corrected chi connectivity index (χ0v) is 11.0. The van der Waals surface area contributed by atoms with Gasteiger partial charge in [-0.15, -0.1) is 5.10 Å². The van der Waals surface area contributed by atoms with Crippen LogP contribution < -0.4 is 0 Å². The van der Waals surface area contributed by atoms with Crippen molar-refractivity contribution in [3.8, 4) is 0 Å². The standard InChI is InChI=1S/C15H17N3O/c1-11-5-7-12(8-6-11)9-18-15(13-3-2-4-13)14(10-19)16-17-18/h5-8,10,13H,2-4,9H2,1H3. The van der Waals surface area contributed by atoms with Crippen molar-refractivity contribution in [1.29, 1.82) is 0 Å². The minimum absolute atomic E-state index is 0.459. The zero-order chi connectivity index (χ0) is 13.2. The number of carbonyl (C=O) groups is 1. The lowest BCUT2D eigenvalue weighted by Crippen LogP contribution is -2.17. The largest absolute Gasteiger partial charge is 0.296 e. The Morgan fingerprint density at radius 1 is 1.32 bits per heavy atom. The van der Waals surface area contributed by atoms with Gasteiger partial charge in [0.05, 0.1) is 12.2 Å². The summed E-state index contributed by atoms with van der Waals surface area (Å²) in [5.74, 6) is 0.459. The summed E-state index contributed by atoms with van der Waals surface area (Å²) >= 11 is 0. The fourth-order valence-electron chi connectivity index (χ4n) is 2.50. The van der Waals surface area contributed by atoms with Gasteiger partial charge in [0.25, 0.3) is 0 Å². The number of aromatic nitrogens is 3. The van der Waals surface area contributed by atoms with Gasteiger partial charge < -0.3 is 0 Å². The summed E-state index contributed by atoms with van der Waals surface area (Å²) in [7, 11) is 0. The molecule has 1 aliphatic rings. The lowest BCUT2D eigenvalue weighted by atomic mass is 9.82. The first-order valence-corrected chi connectivity index (χ1v) is 6.72. The Labute approximate surface area is 112 Å². The fourth-order valence-corrected chi connectivity index (χ4v) is 2.50. The summed E-state index contributed by atoms with van der Waals surface area (Å²) in [6.07, 6.45) is 4.34. The Morgan fingerprint density at radius 2 is 2.05 bits per heavy atom. The van der Waals surface area contributed by atoms with E-state index in [1.165, 1.54) is 17.5 Å². The molecule has 0 unspecified atom stereocenters. The van der Waals surface area contributed by atoms with Crippen LogP contribution in [-0.2, 0) is 6.54 Å². The molecule has 1 fully saturated rings. The number of benzene rings is 1. The third-order valence-electron chi connectivity index (χ3n) is 3.86. The van der Waals surface area contributed by atoms with E-state index in [1.807, 2.05) is 4.68 Å². The van der Waals surface area contributed by atoms with Crippen molar-refractivity contribution in [3.63, 3.8) is 0 Å². The predicted molar refractivity (Wildman–Crippen MR) is 72.3 cm³/mol. The van der Waals surface area contributed by atoms with Crippen molar-refractivity contribution in [2.45, 2.75) is 38.6 Å².